The monoisotopic (exact) mass is 329 g/mol. The Hall–Kier alpha value is -2.49. The van der Waals surface area contributed by atoms with E-state index in [1.54, 1.807) is 0 Å². The summed E-state index contributed by atoms with van der Waals surface area (Å²) >= 11 is 0. The fraction of sp³-hybridized carbons (Fsp3) is 0.250. The summed E-state index contributed by atoms with van der Waals surface area (Å²) in [6.45, 7) is -0.317. The van der Waals surface area contributed by atoms with Gasteiger partial charge >= 0.3 is 0 Å². The van der Waals surface area contributed by atoms with E-state index >= 15 is 0 Å². The van der Waals surface area contributed by atoms with E-state index < -0.39 is 13.0 Å². The van der Waals surface area contributed by atoms with Gasteiger partial charge < -0.3 is 4.90 Å². The highest BCUT2D eigenvalue weighted by atomic mass is 19.3. The Bertz CT molecular complexity index is 641. The Labute approximate surface area is 141 Å². The minimum absolute atomic E-state index is 0.215. The SMILES string of the molecule is O=C(CC/C=C\c1ccccc1)N(Cc1ccccc1)CC(F)F. The minimum Gasteiger partial charge on any atom is -0.333 e. The third-order valence-corrected chi connectivity index (χ3v) is 3.56. The van der Waals surface area contributed by atoms with Crippen LogP contribution in [0.5, 0.6) is 0 Å². The second-order valence-corrected chi connectivity index (χ2v) is 5.50. The fourth-order valence-electron chi connectivity index (χ4n) is 2.37. The number of hydrogen-bond acceptors (Lipinski definition) is 1. The minimum atomic E-state index is -2.53. The molecule has 24 heavy (non-hydrogen) atoms. The normalized spacial score (nSPS) is 11.1. The van der Waals surface area contributed by atoms with Gasteiger partial charge in [-0.25, -0.2) is 8.78 Å². The number of carbonyl (C=O) groups excluding carboxylic acids is 1. The van der Waals surface area contributed by atoms with E-state index in [-0.39, 0.29) is 18.9 Å². The molecule has 2 aromatic rings. The van der Waals surface area contributed by atoms with Crippen molar-refractivity contribution in [3.8, 4) is 0 Å². The molecule has 1 amide bonds. The number of nitrogens with zero attached hydrogens (tertiary/aromatic N) is 1. The van der Waals surface area contributed by atoms with E-state index in [0.29, 0.717) is 6.42 Å². The molecule has 0 aliphatic heterocycles. The first-order chi connectivity index (χ1) is 11.6. The number of carbonyl (C=O) groups is 1. The van der Waals surface area contributed by atoms with Gasteiger partial charge in [-0.1, -0.05) is 72.8 Å². The standard InChI is InChI=1S/C20H21F2NO/c21-19(22)16-23(15-18-12-5-2-6-13-18)20(24)14-8-7-11-17-9-3-1-4-10-17/h1-7,9-13,19H,8,14-16H2/b11-7-. The highest BCUT2D eigenvalue weighted by Gasteiger charge is 2.17. The van der Waals surface area contributed by atoms with Gasteiger partial charge in [-0.15, -0.1) is 0 Å². The molecule has 0 radical (unpaired) electrons. The van der Waals surface area contributed by atoms with Crippen LogP contribution in [0, 0.1) is 0 Å². The third-order valence-electron chi connectivity index (χ3n) is 3.56. The molecular formula is C20H21F2NO. The maximum Gasteiger partial charge on any atom is 0.255 e. The molecule has 0 bridgehead atoms. The van der Waals surface area contributed by atoms with Gasteiger partial charge in [-0.05, 0) is 17.5 Å². The van der Waals surface area contributed by atoms with Gasteiger partial charge in [0, 0.05) is 13.0 Å². The van der Waals surface area contributed by atoms with Gasteiger partial charge in [0.1, 0.15) is 0 Å². The molecular weight excluding hydrogens is 308 g/mol. The van der Waals surface area contributed by atoms with E-state index in [4.69, 9.17) is 0 Å². The summed E-state index contributed by atoms with van der Waals surface area (Å²) in [7, 11) is 0. The average Bonchev–Trinajstić information content (AvgIpc) is 2.59. The second kappa shape index (κ2) is 9.60. The second-order valence-electron chi connectivity index (χ2n) is 5.50. The summed E-state index contributed by atoms with van der Waals surface area (Å²) in [5.41, 5.74) is 1.91. The van der Waals surface area contributed by atoms with Crippen molar-refractivity contribution in [1.82, 2.24) is 4.90 Å². The van der Waals surface area contributed by atoms with Gasteiger partial charge in [0.05, 0.1) is 6.54 Å². The average molecular weight is 329 g/mol. The molecule has 2 nitrogen and oxygen atoms in total. The van der Waals surface area contributed by atoms with Crippen LogP contribution in [0.25, 0.3) is 6.08 Å². The number of allylic oxidation sites excluding steroid dienone is 1. The third kappa shape index (κ3) is 6.32. The summed E-state index contributed by atoms with van der Waals surface area (Å²) in [5, 5.41) is 0. The Kier molecular flexibility index (Phi) is 7.15. The highest BCUT2D eigenvalue weighted by Crippen LogP contribution is 2.11. The molecule has 0 N–H and O–H groups in total. The van der Waals surface area contributed by atoms with E-state index in [2.05, 4.69) is 0 Å². The van der Waals surface area contributed by atoms with Gasteiger partial charge in [0.15, 0.2) is 0 Å². The quantitative estimate of drug-likeness (QED) is 0.683. The molecule has 0 aliphatic carbocycles. The molecule has 0 aromatic heterocycles. The van der Waals surface area contributed by atoms with Crippen molar-refractivity contribution in [2.24, 2.45) is 0 Å². The first-order valence-electron chi connectivity index (χ1n) is 7.96. The number of halogens is 2. The lowest BCUT2D eigenvalue weighted by molar-refractivity contribution is -0.133. The van der Waals surface area contributed by atoms with Crippen LogP contribution < -0.4 is 0 Å². The van der Waals surface area contributed by atoms with E-state index in [9.17, 15) is 13.6 Å². The Morgan fingerprint density at radius 3 is 2.25 bits per heavy atom. The zero-order valence-electron chi connectivity index (χ0n) is 13.4. The Morgan fingerprint density at radius 2 is 1.62 bits per heavy atom. The summed E-state index contributed by atoms with van der Waals surface area (Å²) in [6.07, 6.45) is 2.06. The zero-order valence-corrected chi connectivity index (χ0v) is 13.4. The highest BCUT2D eigenvalue weighted by molar-refractivity contribution is 5.76. The van der Waals surface area contributed by atoms with Crippen molar-refractivity contribution >= 4 is 12.0 Å². The molecule has 0 aliphatic rings. The Balaban J connectivity index is 1.89. The predicted molar refractivity (Wildman–Crippen MR) is 92.6 cm³/mol. The van der Waals surface area contributed by atoms with Crippen LogP contribution in [0.2, 0.25) is 0 Å². The van der Waals surface area contributed by atoms with Crippen LogP contribution in [0.15, 0.2) is 66.7 Å². The van der Waals surface area contributed by atoms with Crippen LogP contribution in [0.4, 0.5) is 8.78 Å². The van der Waals surface area contributed by atoms with Gasteiger partial charge in [0.25, 0.3) is 6.43 Å². The molecule has 0 saturated carbocycles. The molecule has 0 heterocycles. The molecule has 2 aromatic carbocycles. The van der Waals surface area contributed by atoms with Gasteiger partial charge in [0.2, 0.25) is 5.91 Å². The van der Waals surface area contributed by atoms with Gasteiger partial charge in [-0.2, -0.15) is 0 Å². The topological polar surface area (TPSA) is 20.3 Å². The van der Waals surface area contributed by atoms with E-state index in [1.807, 2.05) is 72.8 Å². The number of amides is 1. The summed E-state index contributed by atoms with van der Waals surface area (Å²) in [5.74, 6) is -0.253. The van der Waals surface area contributed by atoms with Crippen LogP contribution in [-0.2, 0) is 11.3 Å². The fourth-order valence-corrected chi connectivity index (χ4v) is 2.37. The van der Waals surface area contributed by atoms with Gasteiger partial charge in [-0.3, -0.25) is 4.79 Å². The van der Waals surface area contributed by atoms with Crippen molar-refractivity contribution in [3.05, 3.63) is 77.9 Å². The Morgan fingerprint density at radius 1 is 1.00 bits per heavy atom. The molecule has 126 valence electrons. The van der Waals surface area contributed by atoms with Crippen LogP contribution >= 0.6 is 0 Å². The lowest BCUT2D eigenvalue weighted by Gasteiger charge is -2.22. The van der Waals surface area contributed by atoms with Crippen molar-refractivity contribution in [1.29, 1.82) is 0 Å². The van der Waals surface area contributed by atoms with Crippen molar-refractivity contribution in [3.63, 3.8) is 0 Å². The number of rotatable bonds is 8. The molecule has 2 rings (SSSR count). The van der Waals surface area contributed by atoms with Crippen molar-refractivity contribution < 1.29 is 13.6 Å². The first kappa shape index (κ1) is 17.9. The molecule has 4 heteroatoms. The van der Waals surface area contributed by atoms with E-state index in [1.165, 1.54) is 4.90 Å². The van der Waals surface area contributed by atoms with E-state index in [0.717, 1.165) is 11.1 Å². The zero-order chi connectivity index (χ0) is 17.2. The van der Waals surface area contributed by atoms with Crippen molar-refractivity contribution in [2.45, 2.75) is 25.8 Å². The number of benzene rings is 2. The van der Waals surface area contributed by atoms with Crippen molar-refractivity contribution in [2.75, 3.05) is 6.54 Å². The summed E-state index contributed by atoms with van der Waals surface area (Å²) in [6, 6.07) is 19.0. The lowest BCUT2D eigenvalue weighted by Crippen LogP contribution is -2.34. The number of alkyl halides is 2. The number of hydrogen-bond donors (Lipinski definition) is 0. The first-order valence-corrected chi connectivity index (χ1v) is 7.96. The summed E-state index contributed by atoms with van der Waals surface area (Å²) in [4.78, 5) is 13.5. The maximum absolute atomic E-state index is 12.7. The maximum atomic E-state index is 12.7. The van der Waals surface area contributed by atoms with Crippen LogP contribution in [0.1, 0.15) is 24.0 Å². The predicted octanol–water partition coefficient (Wildman–Crippen LogP) is 4.77. The van der Waals surface area contributed by atoms with Crippen LogP contribution in [-0.4, -0.2) is 23.8 Å². The molecule has 0 spiro atoms. The van der Waals surface area contributed by atoms with Crippen LogP contribution in [0.3, 0.4) is 0 Å². The molecule has 0 fully saturated rings. The molecule has 0 atom stereocenters. The molecule has 0 unspecified atom stereocenters. The smallest absolute Gasteiger partial charge is 0.255 e. The lowest BCUT2D eigenvalue weighted by atomic mass is 10.1. The summed E-state index contributed by atoms with van der Waals surface area (Å²) < 4.78 is 25.5. The largest absolute Gasteiger partial charge is 0.333 e. The molecule has 0 saturated heterocycles.